The highest BCUT2D eigenvalue weighted by atomic mass is 79.9. The molecule has 28 heavy (non-hydrogen) atoms. The van der Waals surface area contributed by atoms with Gasteiger partial charge in [-0.15, -0.1) is 0 Å². The minimum absolute atomic E-state index is 0.186. The van der Waals surface area contributed by atoms with Crippen LogP contribution in [-0.2, 0) is 0 Å². The number of Topliss-reactive ketones (excluding diaryl/α,β-unsaturated/α-hetero) is 1. The summed E-state index contributed by atoms with van der Waals surface area (Å²) in [5.41, 5.74) is 0.677. The normalized spacial score (nSPS) is 11.9. The first-order chi connectivity index (χ1) is 13.3. The van der Waals surface area contributed by atoms with Crippen molar-refractivity contribution in [3.63, 3.8) is 0 Å². The number of methoxy groups -OCH3 is 1. The van der Waals surface area contributed by atoms with E-state index in [1.54, 1.807) is 26.2 Å². The maximum atomic E-state index is 14.4. The quantitative estimate of drug-likeness (QED) is 0.447. The van der Waals surface area contributed by atoms with Crippen LogP contribution in [0.5, 0.6) is 11.5 Å². The van der Waals surface area contributed by atoms with Crippen LogP contribution in [0.2, 0.25) is 0 Å². The van der Waals surface area contributed by atoms with E-state index in [1.165, 1.54) is 0 Å². The second-order valence-electron chi connectivity index (χ2n) is 5.95. The smallest absolute Gasteiger partial charge is 0.237 e. The Bertz CT molecular complexity index is 1020. The molecule has 0 aliphatic heterocycles. The molecule has 0 saturated heterocycles. The molecule has 3 aromatic rings. The molecule has 3 rings (SSSR count). The van der Waals surface area contributed by atoms with E-state index in [9.17, 15) is 13.6 Å². The second kappa shape index (κ2) is 8.10. The zero-order valence-corrected chi connectivity index (χ0v) is 16.8. The number of carbonyl (C=O) groups excluding carboxylic acids is 1. The molecule has 0 aliphatic rings. The molecule has 0 N–H and O–H groups in total. The summed E-state index contributed by atoms with van der Waals surface area (Å²) in [5, 5.41) is 0. The van der Waals surface area contributed by atoms with Crippen LogP contribution in [0.25, 0.3) is 11.3 Å². The number of oxazole rings is 1. The van der Waals surface area contributed by atoms with Crippen molar-refractivity contribution in [3.8, 4) is 22.8 Å². The van der Waals surface area contributed by atoms with Crippen LogP contribution in [0.4, 0.5) is 8.78 Å². The van der Waals surface area contributed by atoms with Crippen LogP contribution in [0.15, 0.2) is 45.5 Å². The van der Waals surface area contributed by atoms with Crippen molar-refractivity contribution in [2.75, 3.05) is 7.11 Å². The number of aromatic nitrogens is 1. The van der Waals surface area contributed by atoms with Gasteiger partial charge in [-0.3, -0.25) is 4.79 Å². The van der Waals surface area contributed by atoms with Gasteiger partial charge < -0.3 is 13.9 Å². The third kappa shape index (κ3) is 3.91. The molecule has 0 aliphatic carbocycles. The predicted molar refractivity (Wildman–Crippen MR) is 102 cm³/mol. The fourth-order valence-electron chi connectivity index (χ4n) is 2.61. The van der Waals surface area contributed by atoms with Crippen molar-refractivity contribution < 1.29 is 27.5 Å². The molecule has 8 heteroatoms. The van der Waals surface area contributed by atoms with Gasteiger partial charge in [0, 0.05) is 5.56 Å². The summed E-state index contributed by atoms with van der Waals surface area (Å²) in [7, 11) is 1.57. The molecule has 5 nitrogen and oxygen atoms in total. The number of carbonyl (C=O) groups is 1. The van der Waals surface area contributed by atoms with Crippen molar-refractivity contribution >= 4 is 21.7 Å². The lowest BCUT2D eigenvalue weighted by Crippen LogP contribution is -2.08. The molecule has 0 amide bonds. The van der Waals surface area contributed by atoms with Crippen molar-refractivity contribution in [2.24, 2.45) is 0 Å². The van der Waals surface area contributed by atoms with Crippen molar-refractivity contribution in [1.82, 2.24) is 4.98 Å². The lowest BCUT2D eigenvalue weighted by molar-refractivity contribution is 0.100. The minimum Gasteiger partial charge on any atom is -0.497 e. The Kier molecular flexibility index (Phi) is 5.79. The van der Waals surface area contributed by atoms with Gasteiger partial charge in [0.15, 0.2) is 28.1 Å². The summed E-state index contributed by atoms with van der Waals surface area (Å²) in [6, 6.07) is 9.30. The summed E-state index contributed by atoms with van der Waals surface area (Å²) in [5.74, 6) is -2.10. The van der Waals surface area contributed by atoms with Gasteiger partial charge in [-0.05, 0) is 66.2 Å². The van der Waals surface area contributed by atoms with E-state index >= 15 is 0 Å². The first-order valence-corrected chi connectivity index (χ1v) is 9.07. The number of halogens is 3. The standard InChI is InChI=1S/C20H16BrF2NO4/c1-10(25)16-14(22)8-9-15(17(16)23)27-11(2)20-24-18(19(21)28-20)12-4-6-13(26-3)7-5-12/h4-9,11H,1-3H3/t11-/m1/s1. The van der Waals surface area contributed by atoms with Crippen LogP contribution < -0.4 is 9.47 Å². The molecule has 2 aromatic carbocycles. The molecule has 0 bridgehead atoms. The molecule has 0 fully saturated rings. The van der Waals surface area contributed by atoms with Crippen molar-refractivity contribution in [3.05, 3.63) is 64.2 Å². The van der Waals surface area contributed by atoms with Gasteiger partial charge in [-0.25, -0.2) is 13.8 Å². The minimum atomic E-state index is -1.06. The first-order valence-electron chi connectivity index (χ1n) is 8.28. The van der Waals surface area contributed by atoms with Crippen LogP contribution in [0.1, 0.15) is 36.2 Å². The Labute approximate surface area is 168 Å². The lowest BCUT2D eigenvalue weighted by Gasteiger charge is -2.13. The summed E-state index contributed by atoms with van der Waals surface area (Å²) in [6.45, 7) is 2.69. The SMILES string of the molecule is COc1ccc(-c2nc([C@@H](C)Oc3ccc(F)c(C(C)=O)c3F)oc2Br)cc1. The molecule has 0 unspecified atom stereocenters. The Morgan fingerprint density at radius 3 is 2.46 bits per heavy atom. The number of hydrogen-bond acceptors (Lipinski definition) is 5. The fourth-order valence-corrected chi connectivity index (χ4v) is 3.09. The van der Waals surface area contributed by atoms with Gasteiger partial charge in [-0.1, -0.05) is 0 Å². The summed E-state index contributed by atoms with van der Waals surface area (Å²) in [4.78, 5) is 15.9. The van der Waals surface area contributed by atoms with E-state index in [2.05, 4.69) is 20.9 Å². The third-order valence-corrected chi connectivity index (χ3v) is 4.56. The Morgan fingerprint density at radius 1 is 1.18 bits per heavy atom. The zero-order chi connectivity index (χ0) is 20.4. The molecule has 1 aromatic heterocycles. The lowest BCUT2D eigenvalue weighted by atomic mass is 10.1. The molecular formula is C20H16BrF2NO4. The Morgan fingerprint density at radius 2 is 1.86 bits per heavy atom. The number of rotatable bonds is 6. The highest BCUT2D eigenvalue weighted by Crippen LogP contribution is 2.34. The van der Waals surface area contributed by atoms with Gasteiger partial charge >= 0.3 is 0 Å². The van der Waals surface area contributed by atoms with E-state index in [1.807, 2.05) is 12.1 Å². The topological polar surface area (TPSA) is 61.6 Å². The molecule has 0 saturated carbocycles. The summed E-state index contributed by atoms with van der Waals surface area (Å²) >= 11 is 3.31. The highest BCUT2D eigenvalue weighted by Gasteiger charge is 2.23. The van der Waals surface area contributed by atoms with Gasteiger partial charge in [0.05, 0.1) is 12.7 Å². The fraction of sp³-hybridized carbons (Fsp3) is 0.200. The van der Waals surface area contributed by atoms with Gasteiger partial charge in [-0.2, -0.15) is 0 Å². The van der Waals surface area contributed by atoms with Crippen LogP contribution in [-0.4, -0.2) is 17.9 Å². The Hall–Kier alpha value is -2.74. The zero-order valence-electron chi connectivity index (χ0n) is 15.3. The van der Waals surface area contributed by atoms with Crippen molar-refractivity contribution in [2.45, 2.75) is 20.0 Å². The van der Waals surface area contributed by atoms with E-state index in [0.29, 0.717) is 16.1 Å². The maximum absolute atomic E-state index is 14.4. The van der Waals surface area contributed by atoms with Crippen LogP contribution >= 0.6 is 15.9 Å². The van der Waals surface area contributed by atoms with E-state index in [4.69, 9.17) is 13.9 Å². The monoisotopic (exact) mass is 451 g/mol. The number of benzene rings is 2. The average molecular weight is 452 g/mol. The van der Waals surface area contributed by atoms with E-state index < -0.39 is 29.1 Å². The second-order valence-corrected chi connectivity index (χ2v) is 6.67. The van der Waals surface area contributed by atoms with Gasteiger partial charge in [0.2, 0.25) is 5.89 Å². The number of hydrogen-bond donors (Lipinski definition) is 0. The largest absolute Gasteiger partial charge is 0.497 e. The number of ketones is 1. The summed E-state index contributed by atoms with van der Waals surface area (Å²) in [6.07, 6.45) is -0.789. The highest BCUT2D eigenvalue weighted by molar-refractivity contribution is 9.10. The van der Waals surface area contributed by atoms with Gasteiger partial charge in [0.25, 0.3) is 0 Å². The molecule has 0 radical (unpaired) electrons. The van der Waals surface area contributed by atoms with E-state index in [-0.39, 0.29) is 11.6 Å². The number of nitrogens with zero attached hydrogens (tertiary/aromatic N) is 1. The van der Waals surface area contributed by atoms with Gasteiger partial charge in [0.1, 0.15) is 17.3 Å². The molecule has 146 valence electrons. The van der Waals surface area contributed by atoms with Crippen molar-refractivity contribution in [1.29, 1.82) is 0 Å². The summed E-state index contributed by atoms with van der Waals surface area (Å²) < 4.78 is 44.7. The Balaban J connectivity index is 1.87. The van der Waals surface area contributed by atoms with E-state index in [0.717, 1.165) is 24.6 Å². The molecule has 0 spiro atoms. The molecular weight excluding hydrogens is 436 g/mol. The van der Waals surface area contributed by atoms with Crippen LogP contribution in [0.3, 0.4) is 0 Å². The average Bonchev–Trinajstić information content (AvgIpc) is 3.06. The number of ether oxygens (including phenoxy) is 2. The predicted octanol–water partition coefficient (Wildman–Crippen LogP) is 5.73. The van der Waals surface area contributed by atoms with Crippen LogP contribution in [0, 0.1) is 11.6 Å². The molecule has 1 heterocycles. The maximum Gasteiger partial charge on any atom is 0.237 e. The third-order valence-electron chi connectivity index (χ3n) is 4.03. The molecule has 1 atom stereocenters. The first kappa shape index (κ1) is 20.0.